The molecule has 1 amide bonds. The lowest BCUT2D eigenvalue weighted by Crippen LogP contribution is -2.37. The van der Waals surface area contributed by atoms with Crippen molar-refractivity contribution in [2.45, 2.75) is 43.9 Å². The fraction of sp³-hybridized carbons (Fsp3) is 0.241. The van der Waals surface area contributed by atoms with Crippen LogP contribution in [0.3, 0.4) is 0 Å². The van der Waals surface area contributed by atoms with E-state index in [0.717, 1.165) is 5.56 Å². The minimum absolute atomic E-state index is 0.0697. The fourth-order valence-electron chi connectivity index (χ4n) is 4.17. The summed E-state index contributed by atoms with van der Waals surface area (Å²) >= 11 is 0. The maximum absolute atomic E-state index is 14.3. The van der Waals surface area contributed by atoms with Crippen molar-refractivity contribution in [1.82, 2.24) is 14.5 Å². The molecule has 0 saturated carbocycles. The van der Waals surface area contributed by atoms with Crippen LogP contribution in [0.25, 0.3) is 0 Å². The number of halogens is 1. The van der Waals surface area contributed by atoms with Gasteiger partial charge in [0.15, 0.2) is 0 Å². The fourth-order valence-corrected chi connectivity index (χ4v) is 5.68. The summed E-state index contributed by atoms with van der Waals surface area (Å²) in [7, 11) is -2.47. The summed E-state index contributed by atoms with van der Waals surface area (Å²) in [5.41, 5.74) is 1.94. The highest BCUT2D eigenvalue weighted by Gasteiger charge is 2.28. The van der Waals surface area contributed by atoms with E-state index in [1.54, 1.807) is 39.8 Å². The molecule has 0 bridgehead atoms. The number of hydrogen-bond donors (Lipinski definition) is 0. The SMILES string of the molecule is COc1cccc(C(=O)N(Cc2cnc(S(=O)(=O)Cc3ccccc3F)n2Cc2ccccc2)C(C)C)c1. The number of hydrogen-bond acceptors (Lipinski definition) is 5. The first-order valence-corrected chi connectivity index (χ1v) is 13.8. The largest absolute Gasteiger partial charge is 0.497 e. The van der Waals surface area contributed by atoms with Gasteiger partial charge in [-0.15, -0.1) is 0 Å². The summed E-state index contributed by atoms with van der Waals surface area (Å²) in [6, 6.07) is 21.9. The molecular formula is C29H30FN3O4S. The number of imidazole rings is 1. The highest BCUT2D eigenvalue weighted by Crippen LogP contribution is 2.23. The zero-order valence-electron chi connectivity index (χ0n) is 21.5. The summed E-state index contributed by atoms with van der Waals surface area (Å²) in [4.78, 5) is 19.4. The molecule has 0 aliphatic rings. The Labute approximate surface area is 222 Å². The van der Waals surface area contributed by atoms with E-state index in [4.69, 9.17) is 4.74 Å². The van der Waals surface area contributed by atoms with Crippen LogP contribution < -0.4 is 4.74 Å². The van der Waals surface area contributed by atoms with E-state index in [2.05, 4.69) is 4.98 Å². The second-order valence-electron chi connectivity index (χ2n) is 9.21. The molecule has 0 aliphatic carbocycles. The first kappa shape index (κ1) is 27.1. The normalized spacial score (nSPS) is 11.5. The van der Waals surface area contributed by atoms with Gasteiger partial charge in [-0.1, -0.05) is 54.6 Å². The van der Waals surface area contributed by atoms with Crippen LogP contribution in [0, 0.1) is 5.82 Å². The standard InChI is InChI=1S/C29H30FN3O4S/c1-21(2)32(28(34)23-13-9-14-26(16-23)37-3)19-25-17-31-29(33(25)18-22-10-5-4-6-11-22)38(35,36)20-24-12-7-8-15-27(24)30/h4-17,21H,18-20H2,1-3H3. The Bertz CT molecular complexity index is 1520. The number of sulfone groups is 1. The molecule has 0 unspecified atom stereocenters. The van der Waals surface area contributed by atoms with Crippen LogP contribution in [0.2, 0.25) is 0 Å². The number of benzene rings is 3. The van der Waals surface area contributed by atoms with Crippen molar-refractivity contribution >= 4 is 15.7 Å². The van der Waals surface area contributed by atoms with E-state index in [1.165, 1.54) is 31.5 Å². The van der Waals surface area contributed by atoms with Gasteiger partial charge in [0.25, 0.3) is 5.91 Å². The van der Waals surface area contributed by atoms with Crippen LogP contribution in [0.5, 0.6) is 5.75 Å². The van der Waals surface area contributed by atoms with Gasteiger partial charge in [-0.3, -0.25) is 4.79 Å². The third-order valence-electron chi connectivity index (χ3n) is 6.20. The Balaban J connectivity index is 1.73. The Kier molecular flexibility index (Phi) is 8.26. The first-order chi connectivity index (χ1) is 18.2. The Morgan fingerprint density at radius 3 is 2.42 bits per heavy atom. The molecule has 0 spiro atoms. The number of carbonyl (C=O) groups excluding carboxylic acids is 1. The number of carbonyl (C=O) groups is 1. The van der Waals surface area contributed by atoms with Gasteiger partial charge in [-0.25, -0.2) is 17.8 Å². The zero-order valence-corrected chi connectivity index (χ0v) is 22.4. The van der Waals surface area contributed by atoms with Gasteiger partial charge in [0, 0.05) is 17.2 Å². The van der Waals surface area contributed by atoms with Crippen LogP contribution >= 0.6 is 0 Å². The van der Waals surface area contributed by atoms with Crippen LogP contribution in [0.1, 0.15) is 41.0 Å². The molecule has 3 aromatic carbocycles. The Morgan fingerprint density at radius 2 is 1.74 bits per heavy atom. The monoisotopic (exact) mass is 535 g/mol. The summed E-state index contributed by atoms with van der Waals surface area (Å²) in [5, 5.41) is -0.169. The molecule has 1 heterocycles. The maximum atomic E-state index is 14.3. The van der Waals surface area contributed by atoms with Crippen LogP contribution in [-0.2, 0) is 28.7 Å². The number of rotatable bonds is 10. The summed E-state index contributed by atoms with van der Waals surface area (Å²) in [6.45, 7) is 4.14. The van der Waals surface area contributed by atoms with Crippen LogP contribution in [-0.4, -0.2) is 41.9 Å². The lowest BCUT2D eigenvalue weighted by molar-refractivity contribution is 0.0685. The Hall–Kier alpha value is -3.98. The molecule has 0 radical (unpaired) electrons. The van der Waals surface area contributed by atoms with Gasteiger partial charge in [0.1, 0.15) is 11.6 Å². The van der Waals surface area contributed by atoms with Gasteiger partial charge in [-0.2, -0.15) is 0 Å². The van der Waals surface area contributed by atoms with Crippen LogP contribution in [0.15, 0.2) is 90.2 Å². The predicted octanol–water partition coefficient (Wildman–Crippen LogP) is 5.10. The molecule has 0 atom stereocenters. The third-order valence-corrected chi connectivity index (χ3v) is 7.77. The van der Waals surface area contributed by atoms with E-state index in [1.807, 2.05) is 44.2 Å². The van der Waals surface area contributed by atoms with E-state index in [-0.39, 0.29) is 35.8 Å². The van der Waals surface area contributed by atoms with Gasteiger partial charge in [-0.05, 0) is 43.7 Å². The molecule has 0 fully saturated rings. The van der Waals surface area contributed by atoms with E-state index < -0.39 is 21.4 Å². The second kappa shape index (κ2) is 11.6. The minimum Gasteiger partial charge on any atom is -0.497 e. The van der Waals surface area contributed by atoms with Crippen molar-refractivity contribution in [3.63, 3.8) is 0 Å². The van der Waals surface area contributed by atoms with Crippen molar-refractivity contribution < 1.29 is 22.3 Å². The minimum atomic E-state index is -4.01. The highest BCUT2D eigenvalue weighted by atomic mass is 32.2. The molecule has 198 valence electrons. The average Bonchev–Trinajstić information content (AvgIpc) is 3.31. The van der Waals surface area contributed by atoms with Crippen molar-refractivity contribution in [3.05, 3.63) is 113 Å². The van der Waals surface area contributed by atoms with Crippen molar-refractivity contribution in [3.8, 4) is 5.75 Å². The lowest BCUT2D eigenvalue weighted by atomic mass is 10.1. The smallest absolute Gasteiger partial charge is 0.254 e. The van der Waals surface area contributed by atoms with Crippen molar-refractivity contribution in [1.29, 1.82) is 0 Å². The van der Waals surface area contributed by atoms with Gasteiger partial charge >= 0.3 is 0 Å². The van der Waals surface area contributed by atoms with Gasteiger partial charge < -0.3 is 14.2 Å². The quantitative estimate of drug-likeness (QED) is 0.282. The number of nitrogens with zero attached hydrogens (tertiary/aromatic N) is 3. The first-order valence-electron chi connectivity index (χ1n) is 12.2. The van der Waals surface area contributed by atoms with E-state index in [9.17, 15) is 17.6 Å². The molecule has 0 aliphatic heterocycles. The third kappa shape index (κ3) is 6.11. The molecule has 0 saturated heterocycles. The molecule has 9 heteroatoms. The maximum Gasteiger partial charge on any atom is 0.254 e. The summed E-state index contributed by atoms with van der Waals surface area (Å²) in [6.07, 6.45) is 1.48. The zero-order chi connectivity index (χ0) is 27.3. The van der Waals surface area contributed by atoms with Crippen molar-refractivity contribution in [2.24, 2.45) is 0 Å². The number of methoxy groups -OCH3 is 1. The molecule has 4 aromatic rings. The lowest BCUT2D eigenvalue weighted by Gasteiger charge is -2.27. The summed E-state index contributed by atoms with van der Waals surface area (Å²) in [5.74, 6) is -0.772. The van der Waals surface area contributed by atoms with E-state index >= 15 is 0 Å². The topological polar surface area (TPSA) is 81.5 Å². The van der Waals surface area contributed by atoms with Crippen molar-refractivity contribution in [2.75, 3.05) is 7.11 Å². The highest BCUT2D eigenvalue weighted by molar-refractivity contribution is 7.90. The number of amides is 1. The molecule has 0 N–H and O–H groups in total. The van der Waals surface area contributed by atoms with E-state index in [0.29, 0.717) is 17.0 Å². The summed E-state index contributed by atoms with van der Waals surface area (Å²) < 4.78 is 48.1. The number of ether oxygens (including phenoxy) is 1. The second-order valence-corrected chi connectivity index (χ2v) is 11.1. The number of aromatic nitrogens is 2. The molecule has 38 heavy (non-hydrogen) atoms. The Morgan fingerprint density at radius 1 is 1.03 bits per heavy atom. The molecule has 7 nitrogen and oxygen atoms in total. The van der Waals surface area contributed by atoms with Crippen LogP contribution in [0.4, 0.5) is 4.39 Å². The van der Waals surface area contributed by atoms with Gasteiger partial charge in [0.2, 0.25) is 15.0 Å². The van der Waals surface area contributed by atoms with Gasteiger partial charge in [0.05, 0.1) is 37.8 Å². The molecule has 4 rings (SSSR count). The predicted molar refractivity (Wildman–Crippen MR) is 143 cm³/mol. The molecule has 1 aromatic heterocycles. The molecular weight excluding hydrogens is 505 g/mol. The average molecular weight is 536 g/mol.